The number of guanidine groups is 1. The van der Waals surface area contributed by atoms with Gasteiger partial charge in [0, 0.05) is 65.4 Å². The Morgan fingerprint density at radius 3 is 2.38 bits per heavy atom. The standard InChI is InChI=1S/C18H38N6O3S.HI/c1-16(2)27-12-13-28(25,26)24-10-8-23(9-11-24)18(19-3)20-14-17-15-21(4)6-7-22(17)5;/h16-17H,6-15H2,1-5H3,(H,19,20);1H. The first-order chi connectivity index (χ1) is 13.2. The number of nitrogens with zero attached hydrogens (tertiary/aromatic N) is 5. The molecule has 0 spiro atoms. The maximum Gasteiger partial charge on any atom is 0.216 e. The fraction of sp³-hybridized carbons (Fsp3) is 0.944. The second-order valence-electron chi connectivity index (χ2n) is 7.95. The highest BCUT2D eigenvalue weighted by atomic mass is 127. The molecule has 2 heterocycles. The third-order valence-electron chi connectivity index (χ3n) is 5.41. The van der Waals surface area contributed by atoms with E-state index in [0.717, 1.165) is 32.1 Å². The van der Waals surface area contributed by atoms with Crippen LogP contribution >= 0.6 is 24.0 Å². The van der Waals surface area contributed by atoms with Gasteiger partial charge < -0.3 is 19.9 Å². The smallest absolute Gasteiger partial charge is 0.216 e. The molecule has 0 aromatic rings. The Labute approximate surface area is 193 Å². The van der Waals surface area contributed by atoms with Crippen LogP contribution in [0.1, 0.15) is 13.8 Å². The average Bonchev–Trinajstić information content (AvgIpc) is 2.65. The summed E-state index contributed by atoms with van der Waals surface area (Å²) in [5, 5.41) is 3.48. The zero-order valence-electron chi connectivity index (χ0n) is 18.5. The van der Waals surface area contributed by atoms with Gasteiger partial charge in [0.05, 0.1) is 18.5 Å². The van der Waals surface area contributed by atoms with Gasteiger partial charge in [0.2, 0.25) is 10.0 Å². The normalized spacial score (nSPS) is 23.3. The molecule has 0 amide bonds. The number of nitrogens with one attached hydrogen (secondary N) is 1. The zero-order valence-corrected chi connectivity index (χ0v) is 21.6. The summed E-state index contributed by atoms with van der Waals surface area (Å²) in [4.78, 5) is 11.3. The molecule has 1 N–H and O–H groups in total. The minimum atomic E-state index is -3.27. The predicted molar refractivity (Wildman–Crippen MR) is 129 cm³/mol. The Morgan fingerprint density at radius 2 is 1.79 bits per heavy atom. The van der Waals surface area contributed by atoms with Crippen LogP contribution in [0.3, 0.4) is 0 Å². The molecule has 0 aromatic carbocycles. The molecule has 9 nitrogen and oxygen atoms in total. The first-order valence-corrected chi connectivity index (χ1v) is 11.8. The zero-order chi connectivity index (χ0) is 20.7. The highest BCUT2D eigenvalue weighted by molar-refractivity contribution is 14.0. The lowest BCUT2D eigenvalue weighted by Gasteiger charge is -2.39. The van der Waals surface area contributed by atoms with Crippen molar-refractivity contribution in [1.29, 1.82) is 0 Å². The molecule has 2 aliphatic heterocycles. The quantitative estimate of drug-likeness (QED) is 0.269. The molecule has 0 radical (unpaired) electrons. The van der Waals surface area contributed by atoms with Crippen molar-refractivity contribution in [3.05, 3.63) is 0 Å². The Kier molecular flexibility index (Phi) is 11.7. The first kappa shape index (κ1) is 26.8. The Morgan fingerprint density at radius 1 is 1.14 bits per heavy atom. The van der Waals surface area contributed by atoms with E-state index < -0.39 is 10.0 Å². The van der Waals surface area contributed by atoms with Gasteiger partial charge in [-0.25, -0.2) is 8.42 Å². The van der Waals surface area contributed by atoms with Crippen LogP contribution in [-0.2, 0) is 14.8 Å². The summed E-state index contributed by atoms with van der Waals surface area (Å²) in [6, 6.07) is 0.443. The molecule has 1 atom stereocenters. The molecule has 2 rings (SSSR count). The molecular formula is C18H39IN6O3S. The lowest BCUT2D eigenvalue weighted by Crippen LogP contribution is -2.58. The third kappa shape index (κ3) is 8.44. The molecule has 1 unspecified atom stereocenters. The molecule has 2 aliphatic rings. The average molecular weight is 547 g/mol. The van der Waals surface area contributed by atoms with Gasteiger partial charge >= 0.3 is 0 Å². The maximum absolute atomic E-state index is 12.5. The van der Waals surface area contributed by atoms with E-state index in [9.17, 15) is 8.42 Å². The number of sulfonamides is 1. The van der Waals surface area contributed by atoms with Crippen LogP contribution in [0.5, 0.6) is 0 Å². The van der Waals surface area contributed by atoms with Gasteiger partial charge in [0.1, 0.15) is 0 Å². The van der Waals surface area contributed by atoms with Crippen LogP contribution in [0, 0.1) is 0 Å². The lowest BCUT2D eigenvalue weighted by molar-refractivity contribution is 0.0904. The van der Waals surface area contributed by atoms with Crippen LogP contribution in [0.15, 0.2) is 4.99 Å². The van der Waals surface area contributed by atoms with Crippen molar-refractivity contribution in [2.75, 3.05) is 85.9 Å². The van der Waals surface area contributed by atoms with Crippen molar-refractivity contribution >= 4 is 40.0 Å². The van der Waals surface area contributed by atoms with E-state index >= 15 is 0 Å². The molecule has 0 aromatic heterocycles. The summed E-state index contributed by atoms with van der Waals surface area (Å²) in [6.07, 6.45) is 0.0458. The number of aliphatic imine (C=N–C) groups is 1. The van der Waals surface area contributed by atoms with E-state index in [1.54, 1.807) is 11.4 Å². The van der Waals surface area contributed by atoms with Crippen molar-refractivity contribution in [3.8, 4) is 0 Å². The van der Waals surface area contributed by atoms with E-state index in [-0.39, 0.29) is 42.4 Å². The third-order valence-corrected chi connectivity index (χ3v) is 7.25. The van der Waals surface area contributed by atoms with Gasteiger partial charge in [-0.1, -0.05) is 0 Å². The molecule has 11 heteroatoms. The number of piperazine rings is 2. The van der Waals surface area contributed by atoms with Crippen LogP contribution < -0.4 is 5.32 Å². The fourth-order valence-corrected chi connectivity index (χ4v) is 4.84. The summed E-state index contributed by atoms with van der Waals surface area (Å²) in [5.74, 6) is 0.890. The van der Waals surface area contributed by atoms with E-state index in [1.165, 1.54) is 0 Å². The summed E-state index contributed by atoms with van der Waals surface area (Å²) in [5.41, 5.74) is 0. The molecule has 2 fully saturated rings. The van der Waals surface area contributed by atoms with Gasteiger partial charge in [-0.2, -0.15) is 4.31 Å². The first-order valence-electron chi connectivity index (χ1n) is 10.2. The number of halogens is 1. The van der Waals surface area contributed by atoms with Gasteiger partial charge in [-0.15, -0.1) is 24.0 Å². The van der Waals surface area contributed by atoms with E-state index in [2.05, 4.69) is 39.1 Å². The molecule has 172 valence electrons. The topological polar surface area (TPSA) is 80.7 Å². The molecule has 0 bridgehead atoms. The second-order valence-corrected chi connectivity index (χ2v) is 10.0. The summed E-state index contributed by atoms with van der Waals surface area (Å²) < 4.78 is 31.9. The monoisotopic (exact) mass is 546 g/mol. The van der Waals surface area contributed by atoms with Crippen molar-refractivity contribution < 1.29 is 13.2 Å². The lowest BCUT2D eigenvalue weighted by atomic mass is 10.2. The summed E-state index contributed by atoms with van der Waals surface area (Å²) in [7, 11) is 2.83. The molecule has 0 aliphatic carbocycles. The number of likely N-dealkylation sites (N-methyl/N-ethyl adjacent to an activating group) is 2. The van der Waals surface area contributed by atoms with E-state index in [4.69, 9.17) is 4.74 Å². The fourth-order valence-electron chi connectivity index (χ4n) is 3.56. The van der Waals surface area contributed by atoms with Crippen molar-refractivity contribution in [3.63, 3.8) is 0 Å². The largest absolute Gasteiger partial charge is 0.378 e. The van der Waals surface area contributed by atoms with Gasteiger partial charge in [-0.05, 0) is 27.9 Å². The summed E-state index contributed by atoms with van der Waals surface area (Å²) >= 11 is 0. The SMILES string of the molecule is CN=C(NCC1CN(C)CCN1C)N1CCN(S(=O)(=O)CCOC(C)C)CC1.I. The number of ether oxygens (including phenoxy) is 1. The summed E-state index contributed by atoms with van der Waals surface area (Å²) in [6.45, 7) is 10.3. The Bertz CT molecular complexity index is 611. The van der Waals surface area contributed by atoms with Crippen LogP contribution in [-0.4, -0.2) is 131 Å². The minimum absolute atomic E-state index is 0. The highest BCUT2D eigenvalue weighted by Crippen LogP contribution is 2.10. The Hall–Kier alpha value is -0.210. The Balaban J connectivity index is 0.00000420. The van der Waals surface area contributed by atoms with E-state index in [0.29, 0.717) is 32.2 Å². The highest BCUT2D eigenvalue weighted by Gasteiger charge is 2.29. The predicted octanol–water partition coefficient (Wildman–Crippen LogP) is -0.202. The van der Waals surface area contributed by atoms with Crippen LogP contribution in [0.4, 0.5) is 0 Å². The molecule has 2 saturated heterocycles. The number of hydrogen-bond donors (Lipinski definition) is 1. The van der Waals surface area contributed by atoms with Gasteiger partial charge in [-0.3, -0.25) is 9.89 Å². The van der Waals surface area contributed by atoms with Gasteiger partial charge in [0.15, 0.2) is 5.96 Å². The molecular weight excluding hydrogens is 507 g/mol. The number of hydrogen-bond acceptors (Lipinski definition) is 6. The molecule has 29 heavy (non-hydrogen) atoms. The van der Waals surface area contributed by atoms with Crippen LogP contribution in [0.25, 0.3) is 0 Å². The molecule has 0 saturated carbocycles. The minimum Gasteiger partial charge on any atom is -0.378 e. The van der Waals surface area contributed by atoms with Crippen molar-refractivity contribution in [2.24, 2.45) is 4.99 Å². The van der Waals surface area contributed by atoms with Crippen molar-refractivity contribution in [1.82, 2.24) is 24.3 Å². The van der Waals surface area contributed by atoms with Gasteiger partial charge in [0.25, 0.3) is 0 Å². The number of rotatable bonds is 7. The maximum atomic E-state index is 12.5. The van der Waals surface area contributed by atoms with Crippen LogP contribution in [0.2, 0.25) is 0 Å². The van der Waals surface area contributed by atoms with Crippen molar-refractivity contribution in [2.45, 2.75) is 26.0 Å². The second kappa shape index (κ2) is 12.6. The van der Waals surface area contributed by atoms with E-state index in [1.807, 2.05) is 13.8 Å².